The van der Waals surface area contributed by atoms with E-state index in [-0.39, 0.29) is 10.7 Å². The van der Waals surface area contributed by atoms with Crippen molar-refractivity contribution in [2.75, 3.05) is 19.3 Å². The van der Waals surface area contributed by atoms with E-state index in [1.807, 2.05) is 4.72 Å². The number of hydrogen-bond donors (Lipinski definition) is 3. The average Bonchev–Trinajstić information content (AvgIpc) is 2.30. The lowest BCUT2D eigenvalue weighted by atomic mass is 10.3. The molecule has 6 nitrogen and oxygen atoms in total. The first-order valence-corrected chi connectivity index (χ1v) is 6.59. The number of hydrogen-bond acceptors (Lipinski definition) is 4. The van der Waals surface area contributed by atoms with Crippen molar-refractivity contribution in [2.45, 2.75) is 4.90 Å². The molecule has 0 saturated heterocycles. The predicted octanol–water partition coefficient (Wildman–Crippen LogP) is 0.0856. The Morgan fingerprint density at radius 3 is 2.67 bits per heavy atom. The van der Waals surface area contributed by atoms with Gasteiger partial charge >= 0.3 is 0 Å². The number of nitrogen functional groups attached to an aromatic ring is 1. The van der Waals surface area contributed by atoms with E-state index in [0.29, 0.717) is 0 Å². The standard InChI is InChI=1S/C9H11ClFN3O3S/c1-13-8(15)4-14-18(16,17)7-3-5(10)2-6(12)9(7)11/h2-3,14H,4,12H2,1H3,(H,13,15). The third kappa shape index (κ3) is 3.31. The van der Waals surface area contributed by atoms with Crippen molar-refractivity contribution in [2.24, 2.45) is 0 Å². The monoisotopic (exact) mass is 295 g/mol. The Bertz CT molecular complexity index is 577. The van der Waals surface area contributed by atoms with Crippen LogP contribution in [-0.4, -0.2) is 27.9 Å². The molecule has 0 unspecified atom stereocenters. The van der Waals surface area contributed by atoms with Gasteiger partial charge < -0.3 is 11.1 Å². The van der Waals surface area contributed by atoms with E-state index in [9.17, 15) is 17.6 Å². The van der Waals surface area contributed by atoms with Crippen LogP contribution in [0.5, 0.6) is 0 Å². The zero-order valence-electron chi connectivity index (χ0n) is 9.33. The summed E-state index contributed by atoms with van der Waals surface area (Å²) < 4.78 is 39.0. The molecule has 18 heavy (non-hydrogen) atoms. The summed E-state index contributed by atoms with van der Waals surface area (Å²) in [5.41, 5.74) is 4.88. The number of sulfonamides is 1. The summed E-state index contributed by atoms with van der Waals surface area (Å²) >= 11 is 5.60. The Balaban J connectivity index is 3.09. The topological polar surface area (TPSA) is 101 Å². The van der Waals surface area contributed by atoms with Gasteiger partial charge in [-0.15, -0.1) is 0 Å². The van der Waals surface area contributed by atoms with E-state index in [1.165, 1.54) is 7.05 Å². The molecule has 0 heterocycles. The summed E-state index contributed by atoms with van der Waals surface area (Å²) in [4.78, 5) is 10.2. The highest BCUT2D eigenvalue weighted by molar-refractivity contribution is 7.89. The fourth-order valence-electron chi connectivity index (χ4n) is 1.11. The number of anilines is 1. The van der Waals surface area contributed by atoms with Gasteiger partial charge in [0, 0.05) is 12.1 Å². The van der Waals surface area contributed by atoms with Crippen LogP contribution in [0, 0.1) is 5.82 Å². The number of likely N-dealkylation sites (N-methyl/N-ethyl adjacent to an activating group) is 1. The maximum absolute atomic E-state index is 13.6. The second-order valence-corrected chi connectivity index (χ2v) is 5.48. The molecule has 1 aromatic rings. The quantitative estimate of drug-likeness (QED) is 0.685. The van der Waals surface area contributed by atoms with Gasteiger partial charge in [-0.1, -0.05) is 11.6 Å². The van der Waals surface area contributed by atoms with Crippen molar-refractivity contribution in [3.8, 4) is 0 Å². The fourth-order valence-corrected chi connectivity index (χ4v) is 2.51. The van der Waals surface area contributed by atoms with Crippen LogP contribution < -0.4 is 15.8 Å². The molecule has 1 rings (SSSR count). The first-order valence-electron chi connectivity index (χ1n) is 4.72. The van der Waals surface area contributed by atoms with E-state index in [0.717, 1.165) is 12.1 Å². The number of nitrogens with one attached hydrogen (secondary N) is 2. The number of rotatable bonds is 4. The summed E-state index contributed by atoms with van der Waals surface area (Å²) in [6.07, 6.45) is 0. The smallest absolute Gasteiger partial charge is 0.244 e. The van der Waals surface area contributed by atoms with Gasteiger partial charge in [0.2, 0.25) is 15.9 Å². The van der Waals surface area contributed by atoms with E-state index < -0.39 is 33.2 Å². The molecule has 1 amide bonds. The van der Waals surface area contributed by atoms with Crippen molar-refractivity contribution < 1.29 is 17.6 Å². The lowest BCUT2D eigenvalue weighted by Gasteiger charge is -2.09. The summed E-state index contributed by atoms with van der Waals surface area (Å²) in [5, 5.41) is 2.20. The van der Waals surface area contributed by atoms with Crippen LogP contribution in [0.3, 0.4) is 0 Å². The molecule has 0 saturated carbocycles. The minimum absolute atomic E-state index is 0.0192. The van der Waals surface area contributed by atoms with E-state index in [2.05, 4.69) is 5.32 Å². The summed E-state index contributed by atoms with van der Waals surface area (Å²) in [6, 6.07) is 2.01. The molecule has 1 aromatic carbocycles. The van der Waals surface area contributed by atoms with Gasteiger partial charge in [-0.05, 0) is 12.1 Å². The van der Waals surface area contributed by atoms with Crippen LogP contribution in [0.15, 0.2) is 17.0 Å². The van der Waals surface area contributed by atoms with Gasteiger partial charge in [0.1, 0.15) is 4.90 Å². The molecule has 4 N–H and O–H groups in total. The van der Waals surface area contributed by atoms with Crippen molar-refractivity contribution in [1.82, 2.24) is 10.0 Å². The van der Waals surface area contributed by atoms with Crippen molar-refractivity contribution in [1.29, 1.82) is 0 Å². The van der Waals surface area contributed by atoms with Gasteiger partial charge in [0.05, 0.1) is 12.2 Å². The highest BCUT2D eigenvalue weighted by Crippen LogP contribution is 2.24. The molecule has 0 fully saturated rings. The molecular weight excluding hydrogens is 285 g/mol. The van der Waals surface area contributed by atoms with Crippen molar-refractivity contribution in [3.63, 3.8) is 0 Å². The Labute approximate surface area is 108 Å². The number of benzene rings is 1. The van der Waals surface area contributed by atoms with Crippen LogP contribution in [0.4, 0.5) is 10.1 Å². The molecule has 0 atom stereocenters. The molecule has 0 aromatic heterocycles. The predicted molar refractivity (Wildman–Crippen MR) is 65.1 cm³/mol. The van der Waals surface area contributed by atoms with Gasteiger partial charge in [0.25, 0.3) is 0 Å². The first-order chi connectivity index (χ1) is 8.27. The lowest BCUT2D eigenvalue weighted by molar-refractivity contribution is -0.119. The van der Waals surface area contributed by atoms with Gasteiger partial charge in [-0.25, -0.2) is 17.5 Å². The molecule has 0 aliphatic rings. The molecule has 0 radical (unpaired) electrons. The third-order valence-corrected chi connectivity index (χ3v) is 3.64. The van der Waals surface area contributed by atoms with Crippen LogP contribution in [-0.2, 0) is 14.8 Å². The molecule has 9 heteroatoms. The maximum atomic E-state index is 13.6. The van der Waals surface area contributed by atoms with Crippen LogP contribution in [0.25, 0.3) is 0 Å². The van der Waals surface area contributed by atoms with Crippen molar-refractivity contribution in [3.05, 3.63) is 23.0 Å². The highest BCUT2D eigenvalue weighted by atomic mass is 35.5. The average molecular weight is 296 g/mol. The molecule has 0 aliphatic heterocycles. The number of amides is 1. The SMILES string of the molecule is CNC(=O)CNS(=O)(=O)c1cc(Cl)cc(N)c1F. The number of nitrogens with two attached hydrogens (primary N) is 1. The fraction of sp³-hybridized carbons (Fsp3) is 0.222. The normalized spacial score (nSPS) is 11.3. The largest absolute Gasteiger partial charge is 0.396 e. The molecule has 100 valence electrons. The Morgan fingerprint density at radius 2 is 2.11 bits per heavy atom. The number of carbonyl (C=O) groups excluding carboxylic acids is 1. The van der Waals surface area contributed by atoms with Crippen LogP contribution >= 0.6 is 11.6 Å². The van der Waals surface area contributed by atoms with Gasteiger partial charge in [0.15, 0.2) is 5.82 Å². The summed E-state index contributed by atoms with van der Waals surface area (Å²) in [7, 11) is -2.85. The zero-order valence-corrected chi connectivity index (χ0v) is 10.9. The Hall–Kier alpha value is -1.38. The zero-order chi connectivity index (χ0) is 13.9. The second-order valence-electron chi connectivity index (χ2n) is 3.30. The maximum Gasteiger partial charge on any atom is 0.244 e. The molecule has 0 bridgehead atoms. The van der Waals surface area contributed by atoms with E-state index in [1.54, 1.807) is 0 Å². The van der Waals surface area contributed by atoms with E-state index in [4.69, 9.17) is 17.3 Å². The van der Waals surface area contributed by atoms with Gasteiger partial charge in [-0.2, -0.15) is 0 Å². The summed E-state index contributed by atoms with van der Waals surface area (Å²) in [5.74, 6) is -1.67. The summed E-state index contributed by atoms with van der Waals surface area (Å²) in [6.45, 7) is -0.509. The number of halogens is 2. The minimum atomic E-state index is -4.19. The van der Waals surface area contributed by atoms with Crippen LogP contribution in [0.1, 0.15) is 0 Å². The number of carbonyl (C=O) groups is 1. The lowest BCUT2D eigenvalue weighted by Crippen LogP contribution is -2.35. The van der Waals surface area contributed by atoms with Crippen LogP contribution in [0.2, 0.25) is 5.02 Å². The van der Waals surface area contributed by atoms with E-state index >= 15 is 0 Å². The van der Waals surface area contributed by atoms with Gasteiger partial charge in [-0.3, -0.25) is 4.79 Å². The van der Waals surface area contributed by atoms with Crippen molar-refractivity contribution >= 4 is 33.2 Å². The first kappa shape index (κ1) is 14.7. The molecule has 0 spiro atoms. The molecular formula is C9H11ClFN3O3S. The third-order valence-electron chi connectivity index (χ3n) is 2.02. The Morgan fingerprint density at radius 1 is 1.50 bits per heavy atom. The minimum Gasteiger partial charge on any atom is -0.396 e. The second kappa shape index (κ2) is 5.51. The molecule has 0 aliphatic carbocycles. The Kier molecular flexibility index (Phi) is 4.49. The highest BCUT2D eigenvalue weighted by Gasteiger charge is 2.22.